The number of aliphatic imine (C=N–C) groups is 1. The van der Waals surface area contributed by atoms with Gasteiger partial charge >= 0.3 is 0 Å². The van der Waals surface area contributed by atoms with Crippen LogP contribution < -0.4 is 15.7 Å². The number of aryl methyl sites for hydroxylation is 4. The second-order valence-corrected chi connectivity index (χ2v) is 8.31. The summed E-state index contributed by atoms with van der Waals surface area (Å²) in [4.78, 5) is 27.1. The summed E-state index contributed by atoms with van der Waals surface area (Å²) < 4.78 is 3.96. The van der Waals surface area contributed by atoms with E-state index in [1.54, 1.807) is 0 Å². The molecule has 1 N–H and O–H groups in total. The number of imidazole rings is 1. The van der Waals surface area contributed by atoms with Crippen molar-refractivity contribution in [3.8, 4) is 0 Å². The van der Waals surface area contributed by atoms with Gasteiger partial charge in [-0.15, -0.1) is 0 Å². The molecule has 1 atom stereocenters. The first-order valence-electron chi connectivity index (χ1n) is 10.5. The van der Waals surface area contributed by atoms with Crippen molar-refractivity contribution in [2.24, 2.45) is 17.0 Å². The molecular formula is C23H29N7O. The molecule has 8 nitrogen and oxygen atoms in total. The first-order valence-corrected chi connectivity index (χ1v) is 10.5. The highest BCUT2D eigenvalue weighted by Gasteiger charge is 2.17. The first-order chi connectivity index (χ1) is 14.9. The van der Waals surface area contributed by atoms with Crippen LogP contribution in [0.4, 0.5) is 5.69 Å². The molecule has 1 aliphatic heterocycles. The molecule has 3 aromatic heterocycles. The van der Waals surface area contributed by atoms with E-state index in [1.165, 1.54) is 5.69 Å². The number of hydrogen-bond acceptors (Lipinski definition) is 4. The number of amides is 1. The molecule has 31 heavy (non-hydrogen) atoms. The quantitative estimate of drug-likeness (QED) is 0.400. The number of piperazine rings is 1. The molecule has 0 aromatic carbocycles. The van der Waals surface area contributed by atoms with Crippen molar-refractivity contribution in [1.82, 2.24) is 19.3 Å². The molecule has 1 amide bonds. The summed E-state index contributed by atoms with van der Waals surface area (Å²) in [5, 5.41) is 3.48. The van der Waals surface area contributed by atoms with Crippen molar-refractivity contribution in [3.05, 3.63) is 58.6 Å². The van der Waals surface area contributed by atoms with Crippen LogP contribution in [0.15, 0.2) is 40.7 Å². The Balaban J connectivity index is 1.78. The van der Waals surface area contributed by atoms with Crippen molar-refractivity contribution in [2.75, 3.05) is 24.5 Å². The van der Waals surface area contributed by atoms with Crippen LogP contribution in [-0.2, 0) is 11.8 Å². The van der Waals surface area contributed by atoms with Gasteiger partial charge in [0.25, 0.3) is 0 Å². The lowest BCUT2D eigenvalue weighted by molar-refractivity contribution is -0.106. The largest absolute Gasteiger partial charge is 0.368 e. The van der Waals surface area contributed by atoms with Gasteiger partial charge in [-0.1, -0.05) is 0 Å². The number of rotatable bonds is 3. The zero-order chi connectivity index (χ0) is 22.1. The van der Waals surface area contributed by atoms with Crippen LogP contribution in [0.3, 0.4) is 0 Å². The molecule has 1 fully saturated rings. The van der Waals surface area contributed by atoms with Gasteiger partial charge < -0.3 is 19.2 Å². The van der Waals surface area contributed by atoms with Crippen LogP contribution in [0.5, 0.6) is 0 Å². The van der Waals surface area contributed by atoms with Crippen molar-refractivity contribution >= 4 is 23.6 Å². The average Bonchev–Trinajstić information content (AvgIpc) is 3.10. The number of carbonyl (C=O) groups is 1. The van der Waals surface area contributed by atoms with E-state index < -0.39 is 0 Å². The van der Waals surface area contributed by atoms with E-state index in [-0.39, 0.29) is 0 Å². The van der Waals surface area contributed by atoms with E-state index in [4.69, 9.17) is 4.99 Å². The minimum atomic E-state index is 0.383. The molecule has 0 radical (unpaired) electrons. The monoisotopic (exact) mass is 419 g/mol. The summed E-state index contributed by atoms with van der Waals surface area (Å²) in [5.74, 6) is 0.383. The summed E-state index contributed by atoms with van der Waals surface area (Å²) in [6.07, 6.45) is 6.51. The molecule has 3 aromatic rings. The van der Waals surface area contributed by atoms with Crippen LogP contribution in [0.25, 0.3) is 5.65 Å². The molecule has 0 saturated carbocycles. The highest BCUT2D eigenvalue weighted by atomic mass is 16.1. The summed E-state index contributed by atoms with van der Waals surface area (Å²) in [6.45, 7) is 11.1. The second kappa shape index (κ2) is 8.47. The summed E-state index contributed by atoms with van der Waals surface area (Å²) in [5.41, 5.74) is 6.58. The van der Waals surface area contributed by atoms with Crippen LogP contribution in [0, 0.1) is 20.8 Å². The minimum Gasteiger partial charge on any atom is -0.368 e. The van der Waals surface area contributed by atoms with Crippen LogP contribution in [-0.4, -0.2) is 51.9 Å². The minimum absolute atomic E-state index is 0.383. The van der Waals surface area contributed by atoms with Gasteiger partial charge in [0.15, 0.2) is 5.84 Å². The number of fused-ring (bicyclic) bond motifs is 1. The third-order valence-corrected chi connectivity index (χ3v) is 5.61. The first kappa shape index (κ1) is 21.0. The van der Waals surface area contributed by atoms with Gasteiger partial charge in [-0.3, -0.25) is 4.79 Å². The molecule has 0 aliphatic carbocycles. The third kappa shape index (κ3) is 4.29. The molecule has 8 heteroatoms. The highest BCUT2D eigenvalue weighted by molar-refractivity contribution is 6.02. The number of nitrogens with zero attached hydrogens (tertiary/aromatic N) is 6. The lowest BCUT2D eigenvalue weighted by Gasteiger charge is -2.34. The van der Waals surface area contributed by atoms with Crippen molar-refractivity contribution in [2.45, 2.75) is 33.7 Å². The fourth-order valence-corrected chi connectivity index (χ4v) is 4.20. The maximum atomic E-state index is 11.3. The Morgan fingerprint density at radius 2 is 2.00 bits per heavy atom. The fourth-order valence-electron chi connectivity index (χ4n) is 4.20. The van der Waals surface area contributed by atoms with Gasteiger partial charge in [0.1, 0.15) is 11.1 Å². The Bertz CT molecular complexity index is 1210. The number of carbonyl (C=O) groups excluding carboxylic acids is 1. The maximum Gasteiger partial charge on any atom is 0.234 e. The van der Waals surface area contributed by atoms with Crippen LogP contribution in [0.1, 0.15) is 29.3 Å². The van der Waals surface area contributed by atoms with E-state index in [1.807, 2.05) is 55.2 Å². The normalized spacial score (nSPS) is 18.1. The number of pyridine rings is 2. The molecule has 4 rings (SSSR count). The topological polar surface area (TPSA) is 79.3 Å². The van der Waals surface area contributed by atoms with Crippen LogP contribution >= 0.6 is 0 Å². The molecule has 0 spiro atoms. The maximum absolute atomic E-state index is 11.3. The Kier molecular flexibility index (Phi) is 5.73. The van der Waals surface area contributed by atoms with E-state index in [9.17, 15) is 4.79 Å². The van der Waals surface area contributed by atoms with Gasteiger partial charge in [-0.25, -0.2) is 9.98 Å². The lowest BCUT2D eigenvalue weighted by Crippen LogP contribution is -2.49. The van der Waals surface area contributed by atoms with Crippen molar-refractivity contribution in [1.29, 1.82) is 0 Å². The van der Waals surface area contributed by atoms with Gasteiger partial charge in [0.2, 0.25) is 6.41 Å². The zero-order valence-corrected chi connectivity index (χ0v) is 18.8. The SMILES string of the molecule is Cc1cn2cc(C(=NC=O)N=c3c(C)cc(N4CCNC(C)C4)cn3C)cc(C)c2n1. The van der Waals surface area contributed by atoms with E-state index in [0.29, 0.717) is 18.3 Å². The van der Waals surface area contributed by atoms with Gasteiger partial charge in [-0.2, -0.15) is 4.99 Å². The Hall–Kier alpha value is -3.26. The summed E-state index contributed by atoms with van der Waals surface area (Å²) in [6, 6.07) is 4.59. The Labute approximate surface area is 182 Å². The molecule has 1 aliphatic rings. The smallest absolute Gasteiger partial charge is 0.234 e. The van der Waals surface area contributed by atoms with Crippen molar-refractivity contribution < 1.29 is 4.79 Å². The second-order valence-electron chi connectivity index (χ2n) is 8.31. The van der Waals surface area contributed by atoms with Gasteiger partial charge in [0, 0.05) is 56.9 Å². The Morgan fingerprint density at radius 1 is 1.19 bits per heavy atom. The molecule has 1 unspecified atom stereocenters. The number of aromatic nitrogens is 3. The molecule has 4 heterocycles. The summed E-state index contributed by atoms with van der Waals surface area (Å²) in [7, 11) is 1.98. The number of nitrogens with one attached hydrogen (secondary N) is 1. The molecule has 1 saturated heterocycles. The molecule has 162 valence electrons. The van der Waals surface area contributed by atoms with Crippen LogP contribution in [0.2, 0.25) is 0 Å². The number of amidine groups is 1. The fraction of sp³-hybridized carbons (Fsp3) is 0.391. The average molecular weight is 420 g/mol. The third-order valence-electron chi connectivity index (χ3n) is 5.61. The molecule has 0 bridgehead atoms. The zero-order valence-electron chi connectivity index (χ0n) is 18.8. The van der Waals surface area contributed by atoms with E-state index >= 15 is 0 Å². The van der Waals surface area contributed by atoms with E-state index in [0.717, 1.165) is 53.2 Å². The predicted molar refractivity (Wildman–Crippen MR) is 123 cm³/mol. The predicted octanol–water partition coefficient (Wildman–Crippen LogP) is 1.90. The number of anilines is 1. The molecular weight excluding hydrogens is 390 g/mol. The highest BCUT2D eigenvalue weighted by Crippen LogP contribution is 2.17. The lowest BCUT2D eigenvalue weighted by atomic mass is 10.2. The Morgan fingerprint density at radius 3 is 2.71 bits per heavy atom. The van der Waals surface area contributed by atoms with E-state index in [2.05, 4.69) is 39.4 Å². The number of hydrogen-bond donors (Lipinski definition) is 1. The summed E-state index contributed by atoms with van der Waals surface area (Å²) >= 11 is 0. The van der Waals surface area contributed by atoms with Crippen molar-refractivity contribution in [3.63, 3.8) is 0 Å². The van der Waals surface area contributed by atoms with Gasteiger partial charge in [-0.05, 0) is 51.0 Å². The van der Waals surface area contributed by atoms with Gasteiger partial charge in [0.05, 0.1) is 11.4 Å². The standard InChI is InChI=1S/C23H29N7O/c1-15-8-19(12-30-11-18(4)26-23(15)30)21(25-14-31)27-22-16(2)9-20(13-28(22)5)29-7-6-24-17(3)10-29/h8-9,11-14,17,24H,6-7,10H2,1-5H3.